The highest BCUT2D eigenvalue weighted by atomic mass is 35.5. The van der Waals surface area contributed by atoms with Gasteiger partial charge in [-0.05, 0) is 55.6 Å². The monoisotopic (exact) mass is 292 g/mol. The molecular weight excluding hydrogens is 280 g/mol. The zero-order valence-electron chi connectivity index (χ0n) is 11.3. The molecule has 0 radical (unpaired) electrons. The minimum absolute atomic E-state index is 0.0278. The normalized spacial score (nSPS) is 10.4. The van der Waals surface area contributed by atoms with Crippen LogP contribution in [0.15, 0.2) is 18.2 Å². The highest BCUT2D eigenvalue weighted by molar-refractivity contribution is 6.28. The van der Waals surface area contributed by atoms with Crippen LogP contribution in [0.25, 0.3) is 0 Å². The third kappa shape index (κ3) is 3.03. The molecule has 1 N–H and O–H groups in total. The van der Waals surface area contributed by atoms with Crippen molar-refractivity contribution in [1.82, 2.24) is 9.97 Å². The average molecular weight is 293 g/mol. The molecule has 1 heterocycles. The molecule has 0 bridgehead atoms. The number of nitrogens with one attached hydrogen (secondary N) is 1. The molecule has 1 aromatic heterocycles. The van der Waals surface area contributed by atoms with Gasteiger partial charge in [0.2, 0.25) is 11.1 Å². The van der Waals surface area contributed by atoms with Gasteiger partial charge in [-0.2, -0.15) is 4.98 Å². The zero-order chi connectivity index (χ0) is 14.9. The third-order valence-electron chi connectivity index (χ3n) is 2.70. The van der Waals surface area contributed by atoms with Gasteiger partial charge in [-0.3, -0.25) is 10.1 Å². The Bertz CT molecular complexity index is 668. The van der Waals surface area contributed by atoms with Crippen LogP contribution in [0.4, 0.5) is 17.2 Å². The number of anilines is 2. The van der Waals surface area contributed by atoms with E-state index in [0.29, 0.717) is 0 Å². The van der Waals surface area contributed by atoms with Gasteiger partial charge in [-0.15, -0.1) is 0 Å². The number of benzene rings is 1. The van der Waals surface area contributed by atoms with Crippen molar-refractivity contribution in [2.75, 3.05) is 5.32 Å². The summed E-state index contributed by atoms with van der Waals surface area (Å²) in [5.74, 6) is 0.0949. The fraction of sp³-hybridized carbons (Fsp3) is 0.231. The predicted octanol–water partition coefficient (Wildman–Crippen LogP) is 3.71. The second kappa shape index (κ2) is 5.42. The number of halogens is 1. The molecule has 7 heteroatoms. The van der Waals surface area contributed by atoms with E-state index in [1.807, 2.05) is 32.0 Å². The van der Waals surface area contributed by atoms with E-state index in [0.717, 1.165) is 16.8 Å². The molecule has 0 atom stereocenters. The first-order valence-corrected chi connectivity index (χ1v) is 6.28. The number of aromatic nitrogens is 2. The lowest BCUT2D eigenvalue weighted by molar-refractivity contribution is -0.385. The van der Waals surface area contributed by atoms with Gasteiger partial charge < -0.3 is 5.32 Å². The molecule has 20 heavy (non-hydrogen) atoms. The van der Waals surface area contributed by atoms with E-state index in [-0.39, 0.29) is 22.5 Å². The van der Waals surface area contributed by atoms with Crippen molar-refractivity contribution < 1.29 is 4.92 Å². The Labute approximate surface area is 121 Å². The topological polar surface area (TPSA) is 81.0 Å². The van der Waals surface area contributed by atoms with Crippen molar-refractivity contribution in [2.24, 2.45) is 0 Å². The maximum absolute atomic E-state index is 11.1. The van der Waals surface area contributed by atoms with E-state index in [9.17, 15) is 10.1 Å². The Kier molecular flexibility index (Phi) is 3.85. The van der Waals surface area contributed by atoms with E-state index in [2.05, 4.69) is 15.3 Å². The summed E-state index contributed by atoms with van der Waals surface area (Å²) >= 11 is 5.77. The Morgan fingerprint density at radius 1 is 1.15 bits per heavy atom. The van der Waals surface area contributed by atoms with Crippen LogP contribution in [0.1, 0.15) is 16.8 Å². The number of nitro groups is 1. The number of nitrogens with zero attached hydrogens (tertiary/aromatic N) is 3. The van der Waals surface area contributed by atoms with Crippen LogP contribution in [0.3, 0.4) is 0 Å². The third-order valence-corrected chi connectivity index (χ3v) is 2.87. The number of hydrogen-bond acceptors (Lipinski definition) is 5. The van der Waals surface area contributed by atoms with Gasteiger partial charge in [0.15, 0.2) is 0 Å². The maximum Gasteiger partial charge on any atom is 0.332 e. The van der Waals surface area contributed by atoms with Gasteiger partial charge in [0.25, 0.3) is 0 Å². The Hall–Kier alpha value is -2.21. The van der Waals surface area contributed by atoms with Gasteiger partial charge >= 0.3 is 5.69 Å². The van der Waals surface area contributed by atoms with Gasteiger partial charge in [-0.25, -0.2) is 4.98 Å². The minimum Gasteiger partial charge on any atom is -0.334 e. The number of rotatable bonds is 3. The maximum atomic E-state index is 11.1. The van der Waals surface area contributed by atoms with Gasteiger partial charge in [0.05, 0.1) is 4.92 Å². The van der Waals surface area contributed by atoms with Crippen LogP contribution < -0.4 is 5.32 Å². The average Bonchev–Trinajstić information content (AvgIpc) is 2.25. The molecule has 104 valence electrons. The van der Waals surface area contributed by atoms with Crippen LogP contribution in [0.2, 0.25) is 5.28 Å². The largest absolute Gasteiger partial charge is 0.334 e. The first-order chi connectivity index (χ1) is 9.36. The standard InChI is InChI=1S/C13H13ClN4O2/c1-7-4-8(2)6-10(5-7)16-12-11(18(19)20)9(3)15-13(14)17-12/h4-6H,1-3H3,(H,15,16,17). The molecule has 1 aromatic carbocycles. The van der Waals surface area contributed by atoms with Gasteiger partial charge in [-0.1, -0.05) is 6.07 Å². The fourth-order valence-electron chi connectivity index (χ4n) is 2.02. The molecule has 0 aliphatic heterocycles. The predicted molar refractivity (Wildman–Crippen MR) is 77.6 cm³/mol. The van der Waals surface area contributed by atoms with E-state index < -0.39 is 4.92 Å². The summed E-state index contributed by atoms with van der Waals surface area (Å²) in [7, 11) is 0. The lowest BCUT2D eigenvalue weighted by Gasteiger charge is -2.09. The molecule has 2 rings (SSSR count). The van der Waals surface area contributed by atoms with Crippen molar-refractivity contribution in [3.05, 3.63) is 50.4 Å². The lowest BCUT2D eigenvalue weighted by atomic mass is 10.1. The molecule has 0 fully saturated rings. The van der Waals surface area contributed by atoms with E-state index >= 15 is 0 Å². The van der Waals surface area contributed by atoms with Crippen molar-refractivity contribution in [1.29, 1.82) is 0 Å². The van der Waals surface area contributed by atoms with Crippen molar-refractivity contribution >= 4 is 28.8 Å². The van der Waals surface area contributed by atoms with E-state index in [1.165, 1.54) is 6.92 Å². The molecule has 0 aliphatic carbocycles. The van der Waals surface area contributed by atoms with E-state index in [1.54, 1.807) is 0 Å². The molecular formula is C13H13ClN4O2. The number of aryl methyl sites for hydroxylation is 3. The number of hydrogen-bond donors (Lipinski definition) is 1. The summed E-state index contributed by atoms with van der Waals surface area (Å²) in [5.41, 5.74) is 2.87. The molecule has 0 saturated heterocycles. The first-order valence-electron chi connectivity index (χ1n) is 5.90. The summed E-state index contributed by atoms with van der Waals surface area (Å²) in [4.78, 5) is 18.3. The quantitative estimate of drug-likeness (QED) is 0.530. The van der Waals surface area contributed by atoms with Crippen LogP contribution in [0.5, 0.6) is 0 Å². The summed E-state index contributed by atoms with van der Waals surface area (Å²) in [5, 5.41) is 14.0. The van der Waals surface area contributed by atoms with Crippen LogP contribution >= 0.6 is 11.6 Å². The van der Waals surface area contributed by atoms with Crippen LogP contribution in [-0.2, 0) is 0 Å². The molecule has 0 saturated carbocycles. The van der Waals surface area contributed by atoms with Crippen molar-refractivity contribution in [3.8, 4) is 0 Å². The second-order valence-corrected chi connectivity index (χ2v) is 4.87. The Morgan fingerprint density at radius 3 is 2.30 bits per heavy atom. The zero-order valence-corrected chi connectivity index (χ0v) is 12.0. The molecule has 0 aliphatic rings. The highest BCUT2D eigenvalue weighted by Crippen LogP contribution is 2.29. The smallest absolute Gasteiger partial charge is 0.332 e. The summed E-state index contributed by atoms with van der Waals surface area (Å²) < 4.78 is 0. The van der Waals surface area contributed by atoms with Crippen molar-refractivity contribution in [3.63, 3.8) is 0 Å². The highest BCUT2D eigenvalue weighted by Gasteiger charge is 2.21. The van der Waals surface area contributed by atoms with Crippen LogP contribution in [0, 0.1) is 30.9 Å². The summed E-state index contributed by atoms with van der Waals surface area (Å²) in [6.45, 7) is 5.42. The van der Waals surface area contributed by atoms with Crippen molar-refractivity contribution in [2.45, 2.75) is 20.8 Å². The molecule has 0 spiro atoms. The molecule has 0 amide bonds. The first kappa shape index (κ1) is 14.2. The van der Waals surface area contributed by atoms with Crippen LogP contribution in [-0.4, -0.2) is 14.9 Å². The van der Waals surface area contributed by atoms with Gasteiger partial charge in [0.1, 0.15) is 5.69 Å². The summed E-state index contributed by atoms with van der Waals surface area (Å²) in [6.07, 6.45) is 0. The minimum atomic E-state index is -0.517. The van der Waals surface area contributed by atoms with E-state index in [4.69, 9.17) is 11.6 Å². The fourth-order valence-corrected chi connectivity index (χ4v) is 2.23. The Balaban J connectivity index is 2.49. The summed E-state index contributed by atoms with van der Waals surface area (Å²) in [6, 6.07) is 5.77. The molecule has 0 unspecified atom stereocenters. The lowest BCUT2D eigenvalue weighted by Crippen LogP contribution is -2.04. The molecule has 6 nitrogen and oxygen atoms in total. The molecule has 2 aromatic rings. The van der Waals surface area contributed by atoms with Gasteiger partial charge in [0, 0.05) is 5.69 Å². The Morgan fingerprint density at radius 2 is 1.75 bits per heavy atom. The second-order valence-electron chi connectivity index (χ2n) is 4.53. The SMILES string of the molecule is Cc1cc(C)cc(Nc2nc(Cl)nc(C)c2[N+](=O)[O-])c1.